The summed E-state index contributed by atoms with van der Waals surface area (Å²) in [5, 5.41) is 19.8. The molecule has 1 heterocycles. The first kappa shape index (κ1) is 14.9. The summed E-state index contributed by atoms with van der Waals surface area (Å²) in [5.74, 6) is -0.865. The highest BCUT2D eigenvalue weighted by molar-refractivity contribution is 9.10. The summed E-state index contributed by atoms with van der Waals surface area (Å²) < 4.78 is 5.88. The monoisotopic (exact) mass is 352 g/mol. The van der Waals surface area contributed by atoms with Gasteiger partial charge in [-0.05, 0) is 19.1 Å². The van der Waals surface area contributed by atoms with Crippen LogP contribution in [0.4, 0.5) is 5.69 Å². The van der Waals surface area contributed by atoms with E-state index in [4.69, 9.17) is 9.84 Å². The van der Waals surface area contributed by atoms with Crippen molar-refractivity contribution in [2.75, 3.05) is 0 Å². The fourth-order valence-corrected chi connectivity index (χ4v) is 2.11. The standard InChI is InChI=1S/C13H9BrN2O5/c1-7-2-8(13(17)18)3-12(15-7)21-11-5-9(14)4-10(6-11)16(19)20/h2-6H,1H3,(H,17,18). The molecule has 0 amide bonds. The molecule has 0 aliphatic carbocycles. The fraction of sp³-hybridized carbons (Fsp3) is 0.0769. The van der Waals surface area contributed by atoms with Crippen LogP contribution < -0.4 is 4.74 Å². The second-order valence-electron chi connectivity index (χ2n) is 4.14. The lowest BCUT2D eigenvalue weighted by Gasteiger charge is -2.07. The van der Waals surface area contributed by atoms with Crippen molar-refractivity contribution in [1.82, 2.24) is 4.98 Å². The van der Waals surface area contributed by atoms with Crippen molar-refractivity contribution in [3.8, 4) is 11.6 Å². The van der Waals surface area contributed by atoms with Crippen molar-refractivity contribution in [3.05, 3.63) is 56.2 Å². The van der Waals surface area contributed by atoms with Crippen LogP contribution in [0.2, 0.25) is 0 Å². The molecule has 0 fully saturated rings. The van der Waals surface area contributed by atoms with Gasteiger partial charge in [0.15, 0.2) is 0 Å². The predicted octanol–water partition coefficient (Wildman–Crippen LogP) is 3.55. The molecule has 108 valence electrons. The summed E-state index contributed by atoms with van der Waals surface area (Å²) in [6, 6.07) is 6.74. The van der Waals surface area contributed by atoms with Crippen LogP contribution in [0.25, 0.3) is 0 Å². The number of hydrogen-bond donors (Lipinski definition) is 1. The van der Waals surface area contributed by atoms with E-state index in [-0.39, 0.29) is 22.9 Å². The van der Waals surface area contributed by atoms with Gasteiger partial charge in [0.2, 0.25) is 5.88 Å². The molecule has 0 bridgehead atoms. The van der Waals surface area contributed by atoms with Crippen LogP contribution in [0.5, 0.6) is 11.6 Å². The Morgan fingerprint density at radius 3 is 2.67 bits per heavy atom. The molecule has 8 heteroatoms. The normalized spacial score (nSPS) is 10.2. The van der Waals surface area contributed by atoms with Crippen molar-refractivity contribution in [3.63, 3.8) is 0 Å². The Hall–Kier alpha value is -2.48. The number of ether oxygens (including phenoxy) is 1. The van der Waals surface area contributed by atoms with Gasteiger partial charge in [0.1, 0.15) is 5.75 Å². The molecule has 1 aromatic heterocycles. The second kappa shape index (κ2) is 5.88. The van der Waals surface area contributed by atoms with E-state index < -0.39 is 10.9 Å². The lowest BCUT2D eigenvalue weighted by molar-refractivity contribution is -0.385. The lowest BCUT2D eigenvalue weighted by atomic mass is 10.2. The Bertz CT molecular complexity index is 671. The van der Waals surface area contributed by atoms with Crippen molar-refractivity contribution in [1.29, 1.82) is 0 Å². The minimum absolute atomic E-state index is 0.0296. The van der Waals surface area contributed by atoms with Gasteiger partial charge in [0.25, 0.3) is 5.69 Å². The molecule has 1 aromatic carbocycles. The van der Waals surface area contributed by atoms with Crippen molar-refractivity contribution in [2.24, 2.45) is 0 Å². The van der Waals surface area contributed by atoms with Gasteiger partial charge in [-0.3, -0.25) is 10.1 Å². The average Bonchev–Trinajstić information content (AvgIpc) is 2.37. The number of carboxylic acids is 1. The molecule has 0 saturated heterocycles. The van der Waals surface area contributed by atoms with Gasteiger partial charge >= 0.3 is 5.97 Å². The zero-order chi connectivity index (χ0) is 15.6. The molecular weight excluding hydrogens is 344 g/mol. The van der Waals surface area contributed by atoms with E-state index in [2.05, 4.69) is 20.9 Å². The number of halogens is 1. The Labute approximate surface area is 127 Å². The first-order chi connectivity index (χ1) is 9.85. The number of aromatic nitrogens is 1. The topological polar surface area (TPSA) is 103 Å². The van der Waals surface area contributed by atoms with Crippen molar-refractivity contribution in [2.45, 2.75) is 6.92 Å². The number of aromatic carboxylic acids is 1. The van der Waals surface area contributed by atoms with Crippen LogP contribution in [0.3, 0.4) is 0 Å². The van der Waals surface area contributed by atoms with Gasteiger partial charge in [-0.25, -0.2) is 9.78 Å². The maximum absolute atomic E-state index is 11.0. The number of carboxylic acid groups (broad SMARTS) is 1. The van der Waals surface area contributed by atoms with Crippen LogP contribution >= 0.6 is 15.9 Å². The molecule has 7 nitrogen and oxygen atoms in total. The first-order valence-electron chi connectivity index (χ1n) is 5.70. The Morgan fingerprint density at radius 1 is 1.33 bits per heavy atom. The minimum Gasteiger partial charge on any atom is -0.478 e. The molecule has 2 rings (SSSR count). The van der Waals surface area contributed by atoms with Crippen LogP contribution in [0.15, 0.2) is 34.8 Å². The van der Waals surface area contributed by atoms with Gasteiger partial charge < -0.3 is 9.84 Å². The number of pyridine rings is 1. The number of nitrogens with zero attached hydrogens (tertiary/aromatic N) is 2. The number of hydrogen-bond acceptors (Lipinski definition) is 5. The lowest BCUT2D eigenvalue weighted by Crippen LogP contribution is -2.00. The van der Waals surface area contributed by atoms with Crippen molar-refractivity contribution < 1.29 is 19.6 Å². The number of aryl methyl sites for hydroxylation is 1. The molecule has 0 unspecified atom stereocenters. The maximum atomic E-state index is 11.0. The third kappa shape index (κ3) is 3.76. The number of benzene rings is 1. The molecular formula is C13H9BrN2O5. The van der Waals surface area contributed by atoms with Crippen LogP contribution in [0.1, 0.15) is 16.1 Å². The molecule has 1 N–H and O–H groups in total. The van der Waals surface area contributed by atoms with E-state index in [1.165, 1.54) is 30.3 Å². The van der Waals surface area contributed by atoms with Crippen LogP contribution in [-0.2, 0) is 0 Å². The zero-order valence-electron chi connectivity index (χ0n) is 10.7. The number of nitro benzene ring substituents is 1. The molecule has 2 aromatic rings. The second-order valence-corrected chi connectivity index (χ2v) is 5.06. The van der Waals surface area contributed by atoms with Gasteiger partial charge in [0, 0.05) is 22.3 Å². The molecule has 0 radical (unpaired) electrons. The highest BCUT2D eigenvalue weighted by atomic mass is 79.9. The van der Waals surface area contributed by atoms with Crippen LogP contribution in [0, 0.1) is 17.0 Å². The minimum atomic E-state index is -1.11. The molecule has 21 heavy (non-hydrogen) atoms. The third-order valence-electron chi connectivity index (χ3n) is 2.47. The third-order valence-corrected chi connectivity index (χ3v) is 2.92. The van der Waals surface area contributed by atoms with E-state index >= 15 is 0 Å². The van der Waals surface area contributed by atoms with E-state index in [0.29, 0.717) is 10.2 Å². The van der Waals surface area contributed by atoms with Gasteiger partial charge in [0.05, 0.1) is 16.6 Å². The highest BCUT2D eigenvalue weighted by Gasteiger charge is 2.12. The molecule has 0 aliphatic rings. The van der Waals surface area contributed by atoms with Gasteiger partial charge in [-0.1, -0.05) is 15.9 Å². The predicted molar refractivity (Wildman–Crippen MR) is 76.8 cm³/mol. The summed E-state index contributed by atoms with van der Waals surface area (Å²) in [6.07, 6.45) is 0. The molecule has 0 atom stereocenters. The van der Waals surface area contributed by atoms with Gasteiger partial charge in [-0.2, -0.15) is 0 Å². The zero-order valence-corrected chi connectivity index (χ0v) is 12.3. The quantitative estimate of drug-likeness (QED) is 0.666. The average molecular weight is 353 g/mol. The van der Waals surface area contributed by atoms with Crippen molar-refractivity contribution >= 4 is 27.6 Å². The molecule has 0 spiro atoms. The SMILES string of the molecule is Cc1cc(C(=O)O)cc(Oc2cc(Br)cc([N+](=O)[O-])c2)n1. The number of rotatable bonds is 4. The smallest absolute Gasteiger partial charge is 0.335 e. The largest absolute Gasteiger partial charge is 0.478 e. The summed E-state index contributed by atoms with van der Waals surface area (Å²) in [4.78, 5) is 25.3. The maximum Gasteiger partial charge on any atom is 0.335 e. The molecule has 0 saturated carbocycles. The summed E-state index contributed by atoms with van der Waals surface area (Å²) in [6.45, 7) is 1.63. The van der Waals surface area contributed by atoms with E-state index in [0.717, 1.165) is 0 Å². The van der Waals surface area contributed by atoms with Crippen LogP contribution in [-0.4, -0.2) is 21.0 Å². The van der Waals surface area contributed by atoms with E-state index in [9.17, 15) is 14.9 Å². The number of nitro groups is 1. The summed E-state index contributed by atoms with van der Waals surface area (Å²) in [5.41, 5.74) is 0.349. The summed E-state index contributed by atoms with van der Waals surface area (Å²) in [7, 11) is 0. The Morgan fingerprint density at radius 2 is 2.05 bits per heavy atom. The Balaban J connectivity index is 2.38. The van der Waals surface area contributed by atoms with E-state index in [1.54, 1.807) is 6.92 Å². The van der Waals surface area contributed by atoms with E-state index in [1.807, 2.05) is 0 Å². The number of non-ortho nitro benzene ring substituents is 1. The highest BCUT2D eigenvalue weighted by Crippen LogP contribution is 2.29. The first-order valence-corrected chi connectivity index (χ1v) is 6.49. The Kier molecular flexibility index (Phi) is 4.18. The van der Waals surface area contributed by atoms with Gasteiger partial charge in [-0.15, -0.1) is 0 Å². The summed E-state index contributed by atoms with van der Waals surface area (Å²) >= 11 is 3.15. The molecule has 0 aliphatic heterocycles. The fourth-order valence-electron chi connectivity index (χ4n) is 1.65. The number of carbonyl (C=O) groups is 1.